The van der Waals surface area contributed by atoms with E-state index in [0.717, 1.165) is 18.1 Å². The minimum atomic E-state index is -0.309. The van der Waals surface area contributed by atoms with Gasteiger partial charge in [0.05, 0.1) is 6.04 Å². The molecule has 0 saturated carbocycles. The third-order valence-electron chi connectivity index (χ3n) is 2.78. The normalized spacial score (nSPS) is 22.9. The van der Waals surface area contributed by atoms with Gasteiger partial charge in [0.1, 0.15) is 0 Å². The van der Waals surface area contributed by atoms with Crippen LogP contribution in [0.3, 0.4) is 0 Å². The lowest BCUT2D eigenvalue weighted by atomic mass is 10.0. The first-order valence-electron chi connectivity index (χ1n) is 5.85. The molecule has 1 aromatic heterocycles. The molecule has 0 spiro atoms. The number of rotatable bonds is 3. The minimum Gasteiger partial charge on any atom is -0.339 e. The molecule has 1 aliphatic rings. The summed E-state index contributed by atoms with van der Waals surface area (Å²) in [5.41, 5.74) is 5.63. The molecule has 0 aromatic carbocycles. The Hall–Kier alpha value is -0.590. The summed E-state index contributed by atoms with van der Waals surface area (Å²) in [6.45, 7) is 4.99. The van der Waals surface area contributed by atoms with Gasteiger partial charge in [-0.1, -0.05) is 5.16 Å². The minimum absolute atomic E-state index is 0.270. The van der Waals surface area contributed by atoms with Crippen LogP contribution < -0.4 is 5.73 Å². The Kier molecular flexibility index (Phi) is 3.75. The second-order valence-electron chi connectivity index (χ2n) is 5.28. The number of aromatic nitrogens is 2. The van der Waals surface area contributed by atoms with Crippen LogP contribution in [0.15, 0.2) is 4.52 Å². The zero-order valence-electron chi connectivity index (χ0n) is 10.6. The first kappa shape index (κ1) is 12.9. The lowest BCUT2D eigenvalue weighted by Gasteiger charge is -2.29. The van der Waals surface area contributed by atoms with E-state index in [1.807, 2.05) is 25.6 Å². The summed E-state index contributed by atoms with van der Waals surface area (Å²) in [6, 6.07) is 0.270. The third kappa shape index (κ3) is 3.43. The largest absolute Gasteiger partial charge is 0.339 e. The van der Waals surface area contributed by atoms with Gasteiger partial charge in [-0.2, -0.15) is 16.7 Å². The summed E-state index contributed by atoms with van der Waals surface area (Å²) in [5.74, 6) is 3.63. The number of nitrogens with two attached hydrogens (primary N) is 1. The van der Waals surface area contributed by atoms with Gasteiger partial charge in [-0.05, 0) is 20.9 Å². The topological polar surface area (TPSA) is 68.2 Å². The molecular formula is C11H20N4OS. The Bertz CT molecular complexity index is 374. The van der Waals surface area contributed by atoms with Crippen molar-refractivity contribution in [2.45, 2.75) is 31.8 Å². The fraction of sp³-hybridized carbons (Fsp3) is 0.818. The molecule has 1 unspecified atom stereocenters. The van der Waals surface area contributed by atoms with E-state index in [1.165, 1.54) is 5.75 Å². The van der Waals surface area contributed by atoms with Gasteiger partial charge in [0.15, 0.2) is 5.82 Å². The molecule has 1 aliphatic heterocycles. The second kappa shape index (κ2) is 4.96. The molecule has 1 saturated heterocycles. The molecule has 1 atom stereocenters. The zero-order chi connectivity index (χ0) is 12.5. The highest BCUT2D eigenvalue weighted by atomic mass is 32.2. The highest BCUT2D eigenvalue weighted by Gasteiger charge is 2.26. The Morgan fingerprint density at radius 1 is 1.59 bits per heavy atom. The Labute approximate surface area is 106 Å². The Morgan fingerprint density at radius 3 is 3.00 bits per heavy atom. The highest BCUT2D eigenvalue weighted by molar-refractivity contribution is 7.99. The predicted molar refractivity (Wildman–Crippen MR) is 69.0 cm³/mol. The van der Waals surface area contributed by atoms with Crippen LogP contribution >= 0.6 is 11.8 Å². The number of thioether (sulfide) groups is 1. The molecule has 96 valence electrons. The van der Waals surface area contributed by atoms with Crippen molar-refractivity contribution >= 4 is 11.8 Å². The quantitative estimate of drug-likeness (QED) is 0.872. The van der Waals surface area contributed by atoms with Crippen LogP contribution in [0, 0.1) is 0 Å². The van der Waals surface area contributed by atoms with E-state index in [4.69, 9.17) is 10.3 Å². The molecule has 6 heteroatoms. The van der Waals surface area contributed by atoms with Gasteiger partial charge in [0.25, 0.3) is 0 Å². The molecule has 0 aliphatic carbocycles. The summed E-state index contributed by atoms with van der Waals surface area (Å²) in [6.07, 6.45) is 0.615. The van der Waals surface area contributed by atoms with Crippen LogP contribution in [-0.4, -0.2) is 45.7 Å². The van der Waals surface area contributed by atoms with E-state index in [9.17, 15) is 0 Å². The summed E-state index contributed by atoms with van der Waals surface area (Å²) < 4.78 is 5.27. The summed E-state index contributed by atoms with van der Waals surface area (Å²) in [5, 5.41) is 4.08. The monoisotopic (exact) mass is 256 g/mol. The van der Waals surface area contributed by atoms with Crippen molar-refractivity contribution in [3.05, 3.63) is 11.7 Å². The van der Waals surface area contributed by atoms with Crippen molar-refractivity contribution in [3.63, 3.8) is 0 Å². The van der Waals surface area contributed by atoms with E-state index in [1.54, 1.807) is 0 Å². The van der Waals surface area contributed by atoms with Crippen LogP contribution in [0.4, 0.5) is 0 Å². The maximum atomic E-state index is 5.94. The third-order valence-corrected chi connectivity index (χ3v) is 3.81. The second-order valence-corrected chi connectivity index (χ2v) is 6.43. The number of nitrogens with zero attached hydrogens (tertiary/aromatic N) is 3. The van der Waals surface area contributed by atoms with Crippen molar-refractivity contribution in [1.29, 1.82) is 0 Å². The SMILES string of the molecule is CN1CCSCC1c1noc(CC(C)(C)N)n1. The molecule has 2 heterocycles. The highest BCUT2D eigenvalue weighted by Crippen LogP contribution is 2.26. The smallest absolute Gasteiger partial charge is 0.228 e. The average molecular weight is 256 g/mol. The molecule has 1 aromatic rings. The number of hydrogen-bond donors (Lipinski definition) is 1. The lowest BCUT2D eigenvalue weighted by Crippen LogP contribution is -2.35. The molecular weight excluding hydrogens is 236 g/mol. The molecule has 2 N–H and O–H groups in total. The molecule has 2 rings (SSSR count). The maximum absolute atomic E-state index is 5.94. The van der Waals surface area contributed by atoms with Gasteiger partial charge in [-0.3, -0.25) is 4.90 Å². The van der Waals surface area contributed by atoms with Crippen LogP contribution in [-0.2, 0) is 6.42 Å². The molecule has 1 fully saturated rings. The van der Waals surface area contributed by atoms with Crippen LogP contribution in [0.5, 0.6) is 0 Å². The predicted octanol–water partition coefficient (Wildman–Crippen LogP) is 1.07. The first-order chi connectivity index (χ1) is 7.96. The van der Waals surface area contributed by atoms with E-state index in [0.29, 0.717) is 12.3 Å². The lowest BCUT2D eigenvalue weighted by molar-refractivity contribution is 0.256. The summed E-state index contributed by atoms with van der Waals surface area (Å²) >= 11 is 1.94. The maximum Gasteiger partial charge on any atom is 0.228 e. The van der Waals surface area contributed by atoms with Crippen LogP contribution in [0.25, 0.3) is 0 Å². The van der Waals surface area contributed by atoms with E-state index < -0.39 is 0 Å². The Morgan fingerprint density at radius 2 is 2.35 bits per heavy atom. The van der Waals surface area contributed by atoms with Gasteiger partial charge >= 0.3 is 0 Å². The van der Waals surface area contributed by atoms with Gasteiger partial charge in [-0.15, -0.1) is 0 Å². The van der Waals surface area contributed by atoms with Gasteiger partial charge in [0, 0.05) is 30.0 Å². The standard InChI is InChI=1S/C11H20N4OS/c1-11(2,12)6-9-13-10(14-16-9)8-7-17-5-4-15(8)3/h8H,4-7,12H2,1-3H3. The fourth-order valence-corrected chi connectivity index (χ4v) is 3.03. The van der Waals surface area contributed by atoms with E-state index >= 15 is 0 Å². The first-order valence-corrected chi connectivity index (χ1v) is 7.00. The van der Waals surface area contributed by atoms with Crippen LogP contribution in [0.1, 0.15) is 31.6 Å². The molecule has 17 heavy (non-hydrogen) atoms. The van der Waals surface area contributed by atoms with Crippen LogP contribution in [0.2, 0.25) is 0 Å². The van der Waals surface area contributed by atoms with Gasteiger partial charge in [-0.25, -0.2) is 0 Å². The van der Waals surface area contributed by atoms with E-state index in [-0.39, 0.29) is 11.6 Å². The summed E-state index contributed by atoms with van der Waals surface area (Å²) in [4.78, 5) is 6.73. The van der Waals surface area contributed by atoms with Crippen molar-refractivity contribution < 1.29 is 4.52 Å². The Balaban J connectivity index is 2.07. The summed E-state index contributed by atoms with van der Waals surface area (Å²) in [7, 11) is 2.10. The average Bonchev–Trinajstić information content (AvgIpc) is 2.64. The number of hydrogen-bond acceptors (Lipinski definition) is 6. The van der Waals surface area contributed by atoms with Gasteiger partial charge < -0.3 is 10.3 Å². The zero-order valence-corrected chi connectivity index (χ0v) is 11.5. The van der Waals surface area contributed by atoms with Crippen molar-refractivity contribution in [2.24, 2.45) is 5.73 Å². The molecule has 0 radical (unpaired) electrons. The van der Waals surface area contributed by atoms with E-state index in [2.05, 4.69) is 22.1 Å². The van der Waals surface area contributed by atoms with Gasteiger partial charge in [0.2, 0.25) is 5.89 Å². The van der Waals surface area contributed by atoms with Crippen molar-refractivity contribution in [3.8, 4) is 0 Å². The molecule has 0 amide bonds. The van der Waals surface area contributed by atoms with Crippen molar-refractivity contribution in [2.75, 3.05) is 25.1 Å². The van der Waals surface area contributed by atoms with Crippen molar-refractivity contribution in [1.82, 2.24) is 15.0 Å². The molecule has 5 nitrogen and oxygen atoms in total. The fourth-order valence-electron chi connectivity index (χ4n) is 1.82. The molecule has 0 bridgehead atoms.